The number of fused-ring (bicyclic) bond motifs is 3. The fraction of sp³-hybridized carbons (Fsp3) is 0.550. The van der Waals surface area contributed by atoms with Gasteiger partial charge in [0.05, 0.1) is 6.04 Å². The number of nitrogens with zero attached hydrogens (tertiary/aromatic N) is 1. The summed E-state index contributed by atoms with van der Waals surface area (Å²) in [5.41, 5.74) is 3.40. The van der Waals surface area contributed by atoms with Gasteiger partial charge in [0, 0.05) is 34.1 Å². The Kier molecular flexibility index (Phi) is 3.68. The van der Waals surface area contributed by atoms with Crippen molar-refractivity contribution >= 4 is 16.7 Å². The van der Waals surface area contributed by atoms with Gasteiger partial charge in [0.2, 0.25) is 0 Å². The van der Waals surface area contributed by atoms with E-state index in [1.807, 2.05) is 20.8 Å². The topological polar surface area (TPSA) is 36.1 Å². The van der Waals surface area contributed by atoms with E-state index in [-0.39, 0.29) is 17.0 Å². The van der Waals surface area contributed by atoms with E-state index < -0.39 is 0 Å². The van der Waals surface area contributed by atoms with Gasteiger partial charge in [-0.2, -0.15) is 0 Å². The molecule has 2 aromatic rings. The average molecular weight is 312 g/mol. The number of H-pyrrole nitrogens is 1. The monoisotopic (exact) mass is 312 g/mol. The first kappa shape index (κ1) is 16.3. The Labute approximate surface area is 139 Å². The number of carbonyl (C=O) groups is 1. The molecule has 1 aliphatic rings. The summed E-state index contributed by atoms with van der Waals surface area (Å²) in [7, 11) is 0. The number of rotatable bonds is 1. The quantitative estimate of drug-likeness (QED) is 0.852. The van der Waals surface area contributed by atoms with E-state index in [1.54, 1.807) is 0 Å². The number of nitrogens with one attached hydrogen (secondary N) is 1. The van der Waals surface area contributed by atoms with Gasteiger partial charge in [-0.15, -0.1) is 0 Å². The van der Waals surface area contributed by atoms with E-state index in [4.69, 9.17) is 0 Å². The van der Waals surface area contributed by atoms with Crippen LogP contribution in [0.1, 0.15) is 52.8 Å². The molecular formula is C20H28N2O. The van der Waals surface area contributed by atoms with Gasteiger partial charge in [-0.05, 0) is 38.8 Å². The Morgan fingerprint density at radius 3 is 2.39 bits per heavy atom. The van der Waals surface area contributed by atoms with E-state index in [9.17, 15) is 4.79 Å². The standard InChI is InChI=1S/C20H28N2O/c1-19(2,3)18(23)17-11-14-13-9-7-8-10-15(13)21-16(14)12-22(17)20(4,5)6/h7-10,17,21H,11-12H2,1-6H3/t17-/m1/s1. The van der Waals surface area contributed by atoms with Crippen LogP contribution in [0, 0.1) is 5.41 Å². The predicted molar refractivity (Wildman–Crippen MR) is 95.5 cm³/mol. The van der Waals surface area contributed by atoms with Crippen LogP contribution in [0.15, 0.2) is 24.3 Å². The fourth-order valence-corrected chi connectivity index (χ4v) is 3.65. The highest BCUT2D eigenvalue weighted by Gasteiger charge is 2.42. The average Bonchev–Trinajstić information content (AvgIpc) is 2.81. The minimum atomic E-state index is -0.322. The van der Waals surface area contributed by atoms with Crippen molar-refractivity contribution in [3.05, 3.63) is 35.5 Å². The Bertz CT molecular complexity index is 743. The lowest BCUT2D eigenvalue weighted by molar-refractivity contribution is -0.135. The molecule has 3 nitrogen and oxygen atoms in total. The van der Waals surface area contributed by atoms with Gasteiger partial charge in [-0.25, -0.2) is 0 Å². The third-order valence-electron chi connectivity index (χ3n) is 4.91. The summed E-state index contributed by atoms with van der Waals surface area (Å²) in [5.74, 6) is 0.336. The van der Waals surface area contributed by atoms with Crippen molar-refractivity contribution in [2.24, 2.45) is 5.41 Å². The van der Waals surface area contributed by atoms with Gasteiger partial charge in [0.25, 0.3) is 0 Å². The highest BCUT2D eigenvalue weighted by atomic mass is 16.1. The predicted octanol–water partition coefficient (Wildman–Crippen LogP) is 4.31. The van der Waals surface area contributed by atoms with Crippen LogP contribution in [0.4, 0.5) is 0 Å². The third kappa shape index (κ3) is 2.83. The number of ketones is 1. The smallest absolute Gasteiger partial charge is 0.155 e. The summed E-state index contributed by atoms with van der Waals surface area (Å²) in [6.45, 7) is 13.5. The second-order valence-corrected chi connectivity index (χ2v) is 8.76. The minimum Gasteiger partial charge on any atom is -0.357 e. The molecule has 3 heteroatoms. The number of hydrogen-bond acceptors (Lipinski definition) is 2. The molecule has 0 bridgehead atoms. The first-order valence-corrected chi connectivity index (χ1v) is 8.48. The molecule has 3 rings (SSSR count). The fourth-order valence-electron chi connectivity index (χ4n) is 3.65. The van der Waals surface area contributed by atoms with Gasteiger partial charge in [0.15, 0.2) is 5.78 Å². The van der Waals surface area contributed by atoms with Crippen LogP contribution in [0.5, 0.6) is 0 Å². The molecule has 1 aromatic heterocycles. The number of aromatic amines is 1. The summed E-state index contributed by atoms with van der Waals surface area (Å²) in [5, 5.41) is 1.27. The van der Waals surface area contributed by atoms with Crippen LogP contribution in [-0.4, -0.2) is 27.2 Å². The molecule has 0 radical (unpaired) electrons. The van der Waals surface area contributed by atoms with Crippen molar-refractivity contribution in [1.82, 2.24) is 9.88 Å². The molecule has 1 aromatic carbocycles. The highest BCUT2D eigenvalue weighted by molar-refractivity contribution is 5.91. The molecule has 1 aliphatic heterocycles. The van der Waals surface area contributed by atoms with Crippen LogP contribution in [0.3, 0.4) is 0 Å². The largest absolute Gasteiger partial charge is 0.357 e. The van der Waals surface area contributed by atoms with Crippen LogP contribution in [-0.2, 0) is 17.8 Å². The number of para-hydroxylation sites is 1. The lowest BCUT2D eigenvalue weighted by Crippen LogP contribution is -2.56. The van der Waals surface area contributed by atoms with Crippen LogP contribution in [0.2, 0.25) is 0 Å². The SMILES string of the molecule is CC(C)(C)C(=O)[C@H]1Cc2c([nH]c3ccccc23)CN1C(C)(C)C. The highest BCUT2D eigenvalue weighted by Crippen LogP contribution is 2.36. The van der Waals surface area contributed by atoms with Gasteiger partial charge in [-0.1, -0.05) is 39.0 Å². The van der Waals surface area contributed by atoms with Crippen molar-refractivity contribution < 1.29 is 4.79 Å². The first-order chi connectivity index (χ1) is 10.6. The second kappa shape index (κ2) is 5.20. The molecule has 0 saturated carbocycles. The zero-order valence-electron chi connectivity index (χ0n) is 15.2. The van der Waals surface area contributed by atoms with E-state index in [0.717, 1.165) is 13.0 Å². The van der Waals surface area contributed by atoms with Crippen molar-refractivity contribution in [2.45, 2.75) is 66.1 Å². The second-order valence-electron chi connectivity index (χ2n) is 8.76. The Hall–Kier alpha value is -1.61. The number of benzene rings is 1. The summed E-state index contributed by atoms with van der Waals surface area (Å²) < 4.78 is 0. The molecule has 124 valence electrons. The molecule has 1 atom stereocenters. The molecule has 2 heterocycles. The molecule has 1 N–H and O–H groups in total. The lowest BCUT2D eigenvalue weighted by Gasteiger charge is -2.45. The van der Waals surface area contributed by atoms with Gasteiger partial charge in [0.1, 0.15) is 0 Å². The molecule has 0 fully saturated rings. The minimum absolute atomic E-state index is 0.0411. The molecular weight excluding hydrogens is 284 g/mol. The Morgan fingerprint density at radius 2 is 1.78 bits per heavy atom. The normalized spacial score (nSPS) is 19.8. The molecule has 23 heavy (non-hydrogen) atoms. The van der Waals surface area contributed by atoms with E-state index >= 15 is 0 Å². The molecule has 0 aliphatic carbocycles. The molecule has 0 spiro atoms. The summed E-state index contributed by atoms with van der Waals surface area (Å²) in [6.07, 6.45) is 0.798. The van der Waals surface area contributed by atoms with Gasteiger partial charge < -0.3 is 4.98 Å². The summed E-state index contributed by atoms with van der Waals surface area (Å²) in [6, 6.07) is 8.37. The zero-order chi connectivity index (χ0) is 17.0. The van der Waals surface area contributed by atoms with Crippen LogP contribution in [0.25, 0.3) is 10.9 Å². The number of Topliss-reactive ketones (excluding diaryl/α,β-unsaturated/α-hetero) is 1. The maximum absolute atomic E-state index is 13.1. The van der Waals surface area contributed by atoms with Crippen molar-refractivity contribution in [1.29, 1.82) is 0 Å². The number of hydrogen-bond donors (Lipinski definition) is 1. The molecule has 0 unspecified atom stereocenters. The first-order valence-electron chi connectivity index (χ1n) is 8.48. The number of aromatic nitrogens is 1. The maximum atomic E-state index is 13.1. The van der Waals surface area contributed by atoms with Crippen molar-refractivity contribution in [3.8, 4) is 0 Å². The number of carbonyl (C=O) groups excluding carboxylic acids is 1. The van der Waals surface area contributed by atoms with E-state index in [0.29, 0.717) is 5.78 Å². The third-order valence-corrected chi connectivity index (χ3v) is 4.91. The van der Waals surface area contributed by atoms with E-state index in [1.165, 1.54) is 22.2 Å². The van der Waals surface area contributed by atoms with E-state index in [2.05, 4.69) is 54.9 Å². The maximum Gasteiger partial charge on any atom is 0.155 e. The van der Waals surface area contributed by atoms with Crippen molar-refractivity contribution in [2.75, 3.05) is 0 Å². The Balaban J connectivity index is 2.10. The summed E-state index contributed by atoms with van der Waals surface area (Å²) >= 11 is 0. The van der Waals surface area contributed by atoms with Crippen LogP contribution < -0.4 is 0 Å². The summed E-state index contributed by atoms with van der Waals surface area (Å²) in [4.78, 5) is 19.0. The van der Waals surface area contributed by atoms with Crippen LogP contribution >= 0.6 is 0 Å². The van der Waals surface area contributed by atoms with Crippen molar-refractivity contribution in [3.63, 3.8) is 0 Å². The zero-order valence-corrected chi connectivity index (χ0v) is 15.2. The molecule has 0 saturated heterocycles. The Morgan fingerprint density at radius 1 is 1.13 bits per heavy atom. The van der Waals surface area contributed by atoms with Gasteiger partial charge >= 0.3 is 0 Å². The lowest BCUT2D eigenvalue weighted by atomic mass is 9.80. The molecule has 0 amide bonds. The van der Waals surface area contributed by atoms with Gasteiger partial charge in [-0.3, -0.25) is 9.69 Å².